The molecule has 0 saturated carbocycles. The zero-order valence-electron chi connectivity index (χ0n) is 11.2. The van der Waals surface area contributed by atoms with E-state index in [4.69, 9.17) is 14.6 Å². The molecule has 6 nitrogen and oxygen atoms in total. The molecule has 2 heterocycles. The first-order valence-electron chi connectivity index (χ1n) is 6.84. The maximum atomic E-state index is 12.0. The number of carboxylic acid groups (broad SMARTS) is 1. The number of carboxylic acids is 1. The Labute approximate surface area is 112 Å². The topological polar surface area (TPSA) is 76.1 Å². The molecule has 3 atom stereocenters. The van der Waals surface area contributed by atoms with E-state index in [0.717, 1.165) is 19.3 Å². The van der Waals surface area contributed by atoms with Crippen LogP contribution in [-0.2, 0) is 19.1 Å². The summed E-state index contributed by atoms with van der Waals surface area (Å²) in [6.07, 6.45) is 2.78. The first kappa shape index (κ1) is 14.3. The highest BCUT2D eigenvalue weighted by Crippen LogP contribution is 2.23. The molecule has 2 rings (SSSR count). The largest absolute Gasteiger partial charge is 0.479 e. The van der Waals surface area contributed by atoms with Gasteiger partial charge in [0.1, 0.15) is 0 Å². The Morgan fingerprint density at radius 2 is 2.16 bits per heavy atom. The van der Waals surface area contributed by atoms with Crippen LogP contribution in [0.1, 0.15) is 32.6 Å². The number of rotatable bonds is 4. The molecule has 0 bridgehead atoms. The number of morpholine rings is 1. The van der Waals surface area contributed by atoms with Crippen LogP contribution in [0.5, 0.6) is 0 Å². The number of hydrogen-bond donors (Lipinski definition) is 1. The maximum absolute atomic E-state index is 12.0. The van der Waals surface area contributed by atoms with E-state index in [9.17, 15) is 9.59 Å². The molecule has 6 heteroatoms. The molecule has 0 aromatic rings. The van der Waals surface area contributed by atoms with Gasteiger partial charge < -0.3 is 19.5 Å². The average Bonchev–Trinajstić information content (AvgIpc) is 2.82. The molecule has 0 radical (unpaired) electrons. The molecule has 1 N–H and O–H groups in total. The van der Waals surface area contributed by atoms with Crippen LogP contribution in [0.2, 0.25) is 0 Å². The predicted octanol–water partition coefficient (Wildman–Crippen LogP) is 0.646. The molecule has 108 valence electrons. The van der Waals surface area contributed by atoms with Crippen LogP contribution < -0.4 is 0 Å². The predicted molar refractivity (Wildman–Crippen MR) is 66.8 cm³/mol. The normalized spacial score (nSPS) is 31.4. The van der Waals surface area contributed by atoms with Crippen molar-refractivity contribution in [3.05, 3.63) is 0 Å². The summed E-state index contributed by atoms with van der Waals surface area (Å²) in [5, 5.41) is 8.89. The summed E-state index contributed by atoms with van der Waals surface area (Å²) in [5.41, 5.74) is 0. The molecule has 0 aromatic carbocycles. The van der Waals surface area contributed by atoms with Crippen molar-refractivity contribution in [3.8, 4) is 0 Å². The molecular weight excluding hydrogens is 250 g/mol. The van der Waals surface area contributed by atoms with E-state index in [1.807, 2.05) is 6.92 Å². The van der Waals surface area contributed by atoms with Crippen LogP contribution in [0, 0.1) is 0 Å². The van der Waals surface area contributed by atoms with E-state index in [1.54, 1.807) is 4.90 Å². The quantitative estimate of drug-likeness (QED) is 0.812. The second-order valence-corrected chi connectivity index (χ2v) is 5.22. The number of carbonyl (C=O) groups is 2. The first-order chi connectivity index (χ1) is 9.06. The third kappa shape index (κ3) is 3.91. The van der Waals surface area contributed by atoms with Crippen LogP contribution in [0.25, 0.3) is 0 Å². The van der Waals surface area contributed by atoms with Gasteiger partial charge in [-0.05, 0) is 26.2 Å². The highest BCUT2D eigenvalue weighted by Gasteiger charge is 2.29. The lowest BCUT2D eigenvalue weighted by molar-refractivity contribution is -0.159. The third-order valence-electron chi connectivity index (χ3n) is 3.69. The minimum atomic E-state index is -1.01. The van der Waals surface area contributed by atoms with Gasteiger partial charge in [0.15, 0.2) is 6.10 Å². The second kappa shape index (κ2) is 6.34. The zero-order valence-corrected chi connectivity index (χ0v) is 11.2. The van der Waals surface area contributed by atoms with Crippen molar-refractivity contribution in [2.45, 2.75) is 50.9 Å². The van der Waals surface area contributed by atoms with Gasteiger partial charge in [-0.1, -0.05) is 0 Å². The molecule has 0 aliphatic carbocycles. The lowest BCUT2D eigenvalue weighted by Crippen LogP contribution is -2.48. The van der Waals surface area contributed by atoms with E-state index in [2.05, 4.69) is 0 Å². The molecule has 1 amide bonds. The van der Waals surface area contributed by atoms with Gasteiger partial charge >= 0.3 is 5.97 Å². The van der Waals surface area contributed by atoms with Crippen molar-refractivity contribution >= 4 is 11.9 Å². The van der Waals surface area contributed by atoms with Gasteiger partial charge in [-0.15, -0.1) is 0 Å². The Kier molecular flexibility index (Phi) is 4.76. The molecule has 0 aromatic heterocycles. The molecular formula is C13H21NO5. The average molecular weight is 271 g/mol. The maximum Gasteiger partial charge on any atom is 0.334 e. The minimum Gasteiger partial charge on any atom is -0.479 e. The second-order valence-electron chi connectivity index (χ2n) is 5.22. The van der Waals surface area contributed by atoms with Crippen molar-refractivity contribution in [2.24, 2.45) is 0 Å². The fraction of sp³-hybridized carbons (Fsp3) is 0.846. The van der Waals surface area contributed by atoms with Crippen molar-refractivity contribution in [1.29, 1.82) is 0 Å². The summed E-state index contributed by atoms with van der Waals surface area (Å²) in [4.78, 5) is 24.5. The van der Waals surface area contributed by atoms with Crippen LogP contribution in [0.3, 0.4) is 0 Å². The van der Waals surface area contributed by atoms with Crippen LogP contribution >= 0.6 is 0 Å². The summed E-state index contributed by atoms with van der Waals surface area (Å²) >= 11 is 0. The number of amides is 1. The molecule has 19 heavy (non-hydrogen) atoms. The van der Waals surface area contributed by atoms with E-state index >= 15 is 0 Å². The Morgan fingerprint density at radius 1 is 1.37 bits per heavy atom. The van der Waals surface area contributed by atoms with E-state index in [-0.39, 0.29) is 18.6 Å². The van der Waals surface area contributed by atoms with Gasteiger partial charge in [0.25, 0.3) is 0 Å². The highest BCUT2D eigenvalue weighted by molar-refractivity contribution is 5.78. The van der Waals surface area contributed by atoms with E-state index < -0.39 is 12.1 Å². The summed E-state index contributed by atoms with van der Waals surface area (Å²) < 4.78 is 10.8. The number of hydrogen-bond acceptors (Lipinski definition) is 4. The lowest BCUT2D eigenvalue weighted by atomic mass is 10.1. The summed E-state index contributed by atoms with van der Waals surface area (Å²) in [7, 11) is 0. The van der Waals surface area contributed by atoms with E-state index in [0.29, 0.717) is 25.7 Å². The number of aliphatic carboxylic acids is 1. The number of carbonyl (C=O) groups excluding carboxylic acids is 1. The van der Waals surface area contributed by atoms with Gasteiger partial charge in [0.2, 0.25) is 5.91 Å². The molecule has 2 aliphatic heterocycles. The summed E-state index contributed by atoms with van der Waals surface area (Å²) in [5.74, 6) is -1.01. The Bertz CT molecular complexity index is 346. The monoisotopic (exact) mass is 271 g/mol. The van der Waals surface area contributed by atoms with Crippen LogP contribution in [-0.4, -0.2) is 59.9 Å². The molecule has 2 fully saturated rings. The summed E-state index contributed by atoms with van der Waals surface area (Å²) in [6, 6.07) is 0. The molecule has 3 unspecified atom stereocenters. The smallest absolute Gasteiger partial charge is 0.334 e. The Hall–Kier alpha value is -1.14. The van der Waals surface area contributed by atoms with E-state index in [1.165, 1.54) is 0 Å². The van der Waals surface area contributed by atoms with Crippen molar-refractivity contribution in [2.75, 3.05) is 19.7 Å². The zero-order chi connectivity index (χ0) is 13.8. The SMILES string of the molecule is CC1CCC(CCC(=O)N2CCOC(C(=O)O)C2)O1. The Morgan fingerprint density at radius 3 is 2.79 bits per heavy atom. The van der Waals surface area contributed by atoms with Gasteiger partial charge in [-0.25, -0.2) is 4.79 Å². The number of nitrogens with zero attached hydrogens (tertiary/aromatic N) is 1. The standard InChI is InChI=1S/C13H21NO5/c1-9-2-3-10(19-9)4-5-12(15)14-6-7-18-11(8-14)13(16)17/h9-11H,2-8H2,1H3,(H,16,17). The fourth-order valence-electron chi connectivity index (χ4n) is 2.57. The van der Waals surface area contributed by atoms with Crippen molar-refractivity contribution in [3.63, 3.8) is 0 Å². The van der Waals surface area contributed by atoms with Gasteiger partial charge in [0.05, 0.1) is 25.4 Å². The fourth-order valence-corrected chi connectivity index (χ4v) is 2.57. The van der Waals surface area contributed by atoms with Crippen molar-refractivity contribution < 1.29 is 24.2 Å². The molecule has 0 spiro atoms. The van der Waals surface area contributed by atoms with Gasteiger partial charge in [0, 0.05) is 13.0 Å². The molecule has 2 aliphatic rings. The third-order valence-corrected chi connectivity index (χ3v) is 3.69. The minimum absolute atomic E-state index is 0.00213. The first-order valence-corrected chi connectivity index (χ1v) is 6.84. The Balaban J connectivity index is 1.74. The van der Waals surface area contributed by atoms with Gasteiger partial charge in [-0.3, -0.25) is 4.79 Å². The van der Waals surface area contributed by atoms with Gasteiger partial charge in [-0.2, -0.15) is 0 Å². The van der Waals surface area contributed by atoms with Crippen LogP contribution in [0.4, 0.5) is 0 Å². The highest BCUT2D eigenvalue weighted by atomic mass is 16.5. The lowest BCUT2D eigenvalue weighted by Gasteiger charge is -2.31. The van der Waals surface area contributed by atoms with Crippen molar-refractivity contribution in [1.82, 2.24) is 4.90 Å². The van der Waals surface area contributed by atoms with Crippen LogP contribution in [0.15, 0.2) is 0 Å². The number of ether oxygens (including phenoxy) is 2. The summed E-state index contributed by atoms with van der Waals surface area (Å²) in [6.45, 7) is 2.96. The molecule has 2 saturated heterocycles.